The fraction of sp³-hybridized carbons (Fsp3) is 0.400. The van der Waals surface area contributed by atoms with Gasteiger partial charge in [-0.25, -0.2) is 4.98 Å². The number of nitrogens with zero attached hydrogens (tertiary/aromatic N) is 1. The standard InChI is InChI=1S/C10H11IN2O2/c1-12-10(14)8-9(15-6-2-3-6)7(11)4-5-13-8/h4-6H,2-3H2,1H3,(H,12,14). The number of pyridine rings is 1. The average Bonchev–Trinajstić information content (AvgIpc) is 3.04. The number of carbonyl (C=O) groups is 1. The monoisotopic (exact) mass is 318 g/mol. The highest BCUT2D eigenvalue weighted by Gasteiger charge is 2.27. The maximum atomic E-state index is 11.5. The molecule has 0 unspecified atom stereocenters. The number of rotatable bonds is 3. The first-order chi connectivity index (χ1) is 7.22. The average molecular weight is 318 g/mol. The molecular formula is C10H11IN2O2. The van der Waals surface area contributed by atoms with Gasteiger partial charge in [0, 0.05) is 13.2 Å². The number of ether oxygens (including phenoxy) is 1. The number of aromatic nitrogens is 1. The minimum absolute atomic E-state index is 0.204. The molecule has 80 valence electrons. The van der Waals surface area contributed by atoms with Crippen molar-refractivity contribution in [3.05, 3.63) is 21.5 Å². The number of halogens is 1. The second kappa shape index (κ2) is 4.34. The second-order valence-electron chi connectivity index (χ2n) is 3.37. The predicted octanol–water partition coefficient (Wildman–Crippen LogP) is 1.59. The molecule has 5 heteroatoms. The lowest BCUT2D eigenvalue weighted by molar-refractivity contribution is 0.0953. The van der Waals surface area contributed by atoms with Gasteiger partial charge in [-0.3, -0.25) is 4.79 Å². The molecular weight excluding hydrogens is 307 g/mol. The van der Waals surface area contributed by atoms with Gasteiger partial charge in [0.15, 0.2) is 11.4 Å². The first kappa shape index (κ1) is 10.7. The SMILES string of the molecule is CNC(=O)c1nccc(I)c1OC1CC1. The molecule has 0 aliphatic heterocycles. The third-order valence-electron chi connectivity index (χ3n) is 2.11. The van der Waals surface area contributed by atoms with Crippen LogP contribution in [-0.2, 0) is 0 Å². The van der Waals surface area contributed by atoms with Crippen molar-refractivity contribution < 1.29 is 9.53 Å². The Morgan fingerprint density at radius 3 is 3.00 bits per heavy atom. The Hall–Kier alpha value is -0.850. The Labute approximate surface area is 102 Å². The van der Waals surface area contributed by atoms with Gasteiger partial charge in [-0.1, -0.05) is 0 Å². The molecule has 1 amide bonds. The van der Waals surface area contributed by atoms with Crippen LogP contribution in [0.5, 0.6) is 5.75 Å². The Morgan fingerprint density at radius 1 is 1.67 bits per heavy atom. The quantitative estimate of drug-likeness (QED) is 0.861. The van der Waals surface area contributed by atoms with Gasteiger partial charge in [0.1, 0.15) is 0 Å². The van der Waals surface area contributed by atoms with Gasteiger partial charge in [-0.2, -0.15) is 0 Å². The Kier molecular flexibility index (Phi) is 3.08. The Balaban J connectivity index is 2.33. The minimum Gasteiger partial charge on any atom is -0.487 e. The maximum absolute atomic E-state index is 11.5. The second-order valence-corrected chi connectivity index (χ2v) is 4.53. The van der Waals surface area contributed by atoms with E-state index in [9.17, 15) is 4.79 Å². The normalized spacial score (nSPS) is 14.8. The van der Waals surface area contributed by atoms with Crippen molar-refractivity contribution in [3.63, 3.8) is 0 Å². The van der Waals surface area contributed by atoms with Crippen LogP contribution in [0.15, 0.2) is 12.3 Å². The zero-order chi connectivity index (χ0) is 10.8. The highest BCUT2D eigenvalue weighted by molar-refractivity contribution is 14.1. The number of hydrogen-bond donors (Lipinski definition) is 1. The van der Waals surface area contributed by atoms with E-state index in [1.54, 1.807) is 13.2 Å². The summed E-state index contributed by atoms with van der Waals surface area (Å²) in [6, 6.07) is 1.84. The van der Waals surface area contributed by atoms with Crippen molar-refractivity contribution in [2.75, 3.05) is 7.05 Å². The minimum atomic E-state index is -0.204. The summed E-state index contributed by atoms with van der Waals surface area (Å²) in [5.74, 6) is 0.407. The van der Waals surface area contributed by atoms with Crippen LogP contribution in [0.2, 0.25) is 0 Å². The van der Waals surface area contributed by atoms with Crippen LogP contribution in [-0.4, -0.2) is 24.0 Å². The fourth-order valence-corrected chi connectivity index (χ4v) is 1.71. The van der Waals surface area contributed by atoms with Crippen LogP contribution in [0.3, 0.4) is 0 Å². The molecule has 0 saturated heterocycles. The molecule has 1 N–H and O–H groups in total. The van der Waals surface area contributed by atoms with Crippen molar-refractivity contribution in [1.82, 2.24) is 10.3 Å². The molecule has 0 spiro atoms. The third-order valence-corrected chi connectivity index (χ3v) is 2.96. The van der Waals surface area contributed by atoms with Crippen molar-refractivity contribution in [2.45, 2.75) is 18.9 Å². The van der Waals surface area contributed by atoms with Gasteiger partial charge >= 0.3 is 0 Å². The topological polar surface area (TPSA) is 51.2 Å². The summed E-state index contributed by atoms with van der Waals surface area (Å²) in [7, 11) is 1.59. The van der Waals surface area contributed by atoms with E-state index in [2.05, 4.69) is 32.9 Å². The lowest BCUT2D eigenvalue weighted by Gasteiger charge is -2.10. The molecule has 1 saturated carbocycles. The van der Waals surface area contributed by atoms with Crippen LogP contribution in [0.25, 0.3) is 0 Å². The molecule has 1 aliphatic carbocycles. The Morgan fingerprint density at radius 2 is 2.40 bits per heavy atom. The van der Waals surface area contributed by atoms with Crippen molar-refractivity contribution in [3.8, 4) is 5.75 Å². The van der Waals surface area contributed by atoms with E-state index in [-0.39, 0.29) is 12.0 Å². The predicted molar refractivity (Wildman–Crippen MR) is 64.0 cm³/mol. The number of hydrogen-bond acceptors (Lipinski definition) is 3. The smallest absolute Gasteiger partial charge is 0.273 e. The Bertz CT molecular complexity index is 391. The van der Waals surface area contributed by atoms with Gasteiger partial charge in [-0.05, 0) is 41.5 Å². The highest BCUT2D eigenvalue weighted by Crippen LogP contribution is 2.31. The van der Waals surface area contributed by atoms with Crippen LogP contribution in [0.1, 0.15) is 23.3 Å². The maximum Gasteiger partial charge on any atom is 0.273 e. The lowest BCUT2D eigenvalue weighted by Crippen LogP contribution is -2.21. The highest BCUT2D eigenvalue weighted by atomic mass is 127. The first-order valence-corrected chi connectivity index (χ1v) is 5.83. The molecule has 0 atom stereocenters. The molecule has 4 nitrogen and oxygen atoms in total. The van der Waals surface area contributed by atoms with Crippen LogP contribution in [0.4, 0.5) is 0 Å². The van der Waals surface area contributed by atoms with Crippen molar-refractivity contribution >= 4 is 28.5 Å². The molecule has 1 aliphatic rings. The summed E-state index contributed by atoms with van der Waals surface area (Å²) in [6.45, 7) is 0. The van der Waals surface area contributed by atoms with Crippen molar-refractivity contribution in [2.24, 2.45) is 0 Å². The van der Waals surface area contributed by atoms with E-state index in [1.165, 1.54) is 0 Å². The number of carbonyl (C=O) groups excluding carboxylic acids is 1. The lowest BCUT2D eigenvalue weighted by atomic mass is 10.3. The first-order valence-electron chi connectivity index (χ1n) is 4.75. The molecule has 0 aromatic carbocycles. The molecule has 15 heavy (non-hydrogen) atoms. The van der Waals surface area contributed by atoms with Crippen LogP contribution >= 0.6 is 22.6 Å². The van der Waals surface area contributed by atoms with E-state index < -0.39 is 0 Å². The molecule has 1 aromatic rings. The van der Waals surface area contributed by atoms with E-state index in [1.807, 2.05) is 6.07 Å². The number of amides is 1. The van der Waals surface area contributed by atoms with Gasteiger partial charge in [0.25, 0.3) is 5.91 Å². The molecule has 2 rings (SSSR count). The van der Waals surface area contributed by atoms with E-state index in [4.69, 9.17) is 4.74 Å². The summed E-state index contributed by atoms with van der Waals surface area (Å²) in [5.41, 5.74) is 0.372. The molecule has 0 radical (unpaired) electrons. The van der Waals surface area contributed by atoms with E-state index in [0.29, 0.717) is 11.4 Å². The molecule has 1 fully saturated rings. The zero-order valence-electron chi connectivity index (χ0n) is 8.29. The summed E-state index contributed by atoms with van der Waals surface area (Å²) in [5, 5.41) is 2.56. The summed E-state index contributed by atoms with van der Waals surface area (Å²) >= 11 is 2.15. The van der Waals surface area contributed by atoms with Crippen LogP contribution < -0.4 is 10.1 Å². The van der Waals surface area contributed by atoms with Crippen LogP contribution in [0, 0.1) is 3.57 Å². The summed E-state index contributed by atoms with van der Waals surface area (Å²) in [6.07, 6.45) is 4.02. The largest absolute Gasteiger partial charge is 0.487 e. The van der Waals surface area contributed by atoms with E-state index in [0.717, 1.165) is 16.4 Å². The molecule has 1 heterocycles. The van der Waals surface area contributed by atoms with Gasteiger partial charge in [0.05, 0.1) is 9.67 Å². The molecule has 0 bridgehead atoms. The van der Waals surface area contributed by atoms with Gasteiger partial charge in [0.2, 0.25) is 0 Å². The summed E-state index contributed by atoms with van der Waals surface area (Å²) in [4.78, 5) is 15.6. The van der Waals surface area contributed by atoms with E-state index >= 15 is 0 Å². The third kappa shape index (κ3) is 2.39. The summed E-state index contributed by atoms with van der Waals surface area (Å²) < 4.78 is 6.60. The number of nitrogens with one attached hydrogen (secondary N) is 1. The zero-order valence-corrected chi connectivity index (χ0v) is 10.4. The van der Waals surface area contributed by atoms with Gasteiger partial charge in [-0.15, -0.1) is 0 Å². The fourth-order valence-electron chi connectivity index (χ4n) is 1.17. The van der Waals surface area contributed by atoms with Crippen molar-refractivity contribution in [1.29, 1.82) is 0 Å². The van der Waals surface area contributed by atoms with Gasteiger partial charge < -0.3 is 10.1 Å². The molecule has 1 aromatic heterocycles.